The van der Waals surface area contributed by atoms with Crippen molar-refractivity contribution in [2.75, 3.05) is 12.4 Å². The Kier molecular flexibility index (Phi) is 4.32. The Hall–Kier alpha value is -1.68. The van der Waals surface area contributed by atoms with E-state index in [9.17, 15) is 5.11 Å². The van der Waals surface area contributed by atoms with Crippen molar-refractivity contribution in [2.45, 2.75) is 13.5 Å². The van der Waals surface area contributed by atoms with Crippen LogP contribution in [0.2, 0.25) is 0 Å². The predicted octanol–water partition coefficient (Wildman–Crippen LogP) is 4.08. The van der Waals surface area contributed by atoms with Gasteiger partial charge < -0.3 is 15.2 Å². The highest BCUT2D eigenvalue weighted by molar-refractivity contribution is 9.10. The van der Waals surface area contributed by atoms with E-state index in [0.717, 1.165) is 27.0 Å². The van der Waals surface area contributed by atoms with E-state index in [-0.39, 0.29) is 5.75 Å². The summed E-state index contributed by atoms with van der Waals surface area (Å²) >= 11 is 3.32. The van der Waals surface area contributed by atoms with Gasteiger partial charge in [-0.2, -0.15) is 0 Å². The number of nitrogens with one attached hydrogen (secondary N) is 1. The third-order valence-electron chi connectivity index (χ3n) is 2.87. The standard InChI is InChI=1S/C15H16BrNO2/c1-10-3-6-15(19-2)13(7-10)17-9-11-4-5-12(16)8-14(11)18/h3-8,17-18H,9H2,1-2H3. The molecule has 2 rings (SSSR count). The summed E-state index contributed by atoms with van der Waals surface area (Å²) in [6, 6.07) is 11.4. The van der Waals surface area contributed by atoms with E-state index in [0.29, 0.717) is 6.54 Å². The Morgan fingerprint density at radius 1 is 1.21 bits per heavy atom. The number of hydrogen-bond acceptors (Lipinski definition) is 3. The minimum atomic E-state index is 0.272. The van der Waals surface area contributed by atoms with Crippen molar-refractivity contribution in [3.63, 3.8) is 0 Å². The number of rotatable bonds is 4. The Balaban J connectivity index is 2.16. The summed E-state index contributed by atoms with van der Waals surface area (Å²) in [5, 5.41) is 13.1. The van der Waals surface area contributed by atoms with Gasteiger partial charge in [-0.25, -0.2) is 0 Å². The number of benzene rings is 2. The molecule has 0 saturated heterocycles. The summed E-state index contributed by atoms with van der Waals surface area (Å²) in [4.78, 5) is 0. The summed E-state index contributed by atoms with van der Waals surface area (Å²) in [6.07, 6.45) is 0. The topological polar surface area (TPSA) is 41.5 Å². The average molecular weight is 322 g/mol. The van der Waals surface area contributed by atoms with E-state index in [1.807, 2.05) is 37.3 Å². The monoisotopic (exact) mass is 321 g/mol. The number of methoxy groups -OCH3 is 1. The van der Waals surface area contributed by atoms with Crippen LogP contribution in [0.15, 0.2) is 40.9 Å². The molecule has 19 heavy (non-hydrogen) atoms. The van der Waals surface area contributed by atoms with Crippen LogP contribution in [0.25, 0.3) is 0 Å². The smallest absolute Gasteiger partial charge is 0.141 e. The molecule has 0 saturated carbocycles. The normalized spacial score (nSPS) is 10.3. The molecule has 0 bridgehead atoms. The van der Waals surface area contributed by atoms with E-state index >= 15 is 0 Å². The number of hydrogen-bond donors (Lipinski definition) is 2. The lowest BCUT2D eigenvalue weighted by molar-refractivity contribution is 0.416. The van der Waals surface area contributed by atoms with E-state index in [4.69, 9.17) is 4.74 Å². The maximum atomic E-state index is 9.85. The highest BCUT2D eigenvalue weighted by Gasteiger charge is 2.05. The molecule has 0 radical (unpaired) electrons. The molecule has 0 aliphatic carbocycles. The Morgan fingerprint density at radius 3 is 2.68 bits per heavy atom. The third kappa shape index (κ3) is 3.41. The van der Waals surface area contributed by atoms with Gasteiger partial charge in [0.2, 0.25) is 0 Å². The molecule has 3 nitrogen and oxygen atoms in total. The molecule has 2 aromatic rings. The largest absolute Gasteiger partial charge is 0.508 e. The number of ether oxygens (including phenoxy) is 1. The highest BCUT2D eigenvalue weighted by atomic mass is 79.9. The molecule has 0 atom stereocenters. The maximum absolute atomic E-state index is 9.85. The Labute approximate surface area is 121 Å². The second-order valence-corrected chi connectivity index (χ2v) is 5.25. The predicted molar refractivity (Wildman–Crippen MR) is 80.9 cm³/mol. The number of phenols is 1. The van der Waals surface area contributed by atoms with Gasteiger partial charge in [-0.3, -0.25) is 0 Å². The number of anilines is 1. The molecule has 0 fully saturated rings. The molecule has 4 heteroatoms. The van der Waals surface area contributed by atoms with Crippen LogP contribution in [-0.2, 0) is 6.54 Å². The van der Waals surface area contributed by atoms with Gasteiger partial charge in [0, 0.05) is 16.6 Å². The number of aromatic hydroxyl groups is 1. The van der Waals surface area contributed by atoms with Crippen molar-refractivity contribution in [3.05, 3.63) is 52.0 Å². The van der Waals surface area contributed by atoms with Gasteiger partial charge in [-0.15, -0.1) is 0 Å². The van der Waals surface area contributed by atoms with E-state index in [1.165, 1.54) is 0 Å². The zero-order valence-electron chi connectivity index (χ0n) is 10.9. The van der Waals surface area contributed by atoms with Gasteiger partial charge in [0.1, 0.15) is 11.5 Å². The number of aryl methyl sites for hydroxylation is 1. The minimum Gasteiger partial charge on any atom is -0.508 e. The first-order valence-electron chi connectivity index (χ1n) is 5.96. The van der Waals surface area contributed by atoms with Crippen molar-refractivity contribution in [1.29, 1.82) is 0 Å². The van der Waals surface area contributed by atoms with Gasteiger partial charge in [-0.05, 0) is 36.8 Å². The molecule has 0 aromatic heterocycles. The van der Waals surface area contributed by atoms with Crippen LogP contribution in [-0.4, -0.2) is 12.2 Å². The minimum absolute atomic E-state index is 0.272. The molecule has 2 aromatic carbocycles. The number of halogens is 1. The average Bonchev–Trinajstić information content (AvgIpc) is 2.38. The van der Waals surface area contributed by atoms with Crippen LogP contribution in [0, 0.1) is 6.92 Å². The quantitative estimate of drug-likeness (QED) is 0.891. The third-order valence-corrected chi connectivity index (χ3v) is 3.36. The second-order valence-electron chi connectivity index (χ2n) is 4.33. The van der Waals surface area contributed by atoms with Crippen molar-refractivity contribution in [2.24, 2.45) is 0 Å². The van der Waals surface area contributed by atoms with E-state index in [1.54, 1.807) is 13.2 Å². The molecule has 0 amide bonds. The maximum Gasteiger partial charge on any atom is 0.141 e. The second kappa shape index (κ2) is 5.97. The van der Waals surface area contributed by atoms with Gasteiger partial charge in [-0.1, -0.05) is 28.1 Å². The van der Waals surface area contributed by atoms with Crippen LogP contribution in [0.4, 0.5) is 5.69 Å². The fourth-order valence-corrected chi connectivity index (χ4v) is 2.19. The first kappa shape index (κ1) is 13.7. The molecule has 2 N–H and O–H groups in total. The molecule has 0 aliphatic heterocycles. The highest BCUT2D eigenvalue weighted by Crippen LogP contribution is 2.28. The van der Waals surface area contributed by atoms with Crippen molar-refractivity contribution < 1.29 is 9.84 Å². The zero-order chi connectivity index (χ0) is 13.8. The van der Waals surface area contributed by atoms with Crippen LogP contribution in [0.5, 0.6) is 11.5 Å². The summed E-state index contributed by atoms with van der Waals surface area (Å²) in [5.74, 6) is 1.07. The summed E-state index contributed by atoms with van der Waals surface area (Å²) in [5.41, 5.74) is 2.92. The fourth-order valence-electron chi connectivity index (χ4n) is 1.84. The summed E-state index contributed by atoms with van der Waals surface area (Å²) in [6.45, 7) is 2.57. The fraction of sp³-hybridized carbons (Fsp3) is 0.200. The first-order chi connectivity index (χ1) is 9.10. The first-order valence-corrected chi connectivity index (χ1v) is 6.75. The van der Waals surface area contributed by atoms with Gasteiger partial charge in [0.05, 0.1) is 12.8 Å². The lowest BCUT2D eigenvalue weighted by Crippen LogP contribution is -2.02. The molecule has 0 unspecified atom stereocenters. The van der Waals surface area contributed by atoms with Crippen molar-refractivity contribution in [3.8, 4) is 11.5 Å². The lowest BCUT2D eigenvalue weighted by Gasteiger charge is -2.13. The molecule has 0 heterocycles. The summed E-state index contributed by atoms with van der Waals surface area (Å²) < 4.78 is 6.17. The van der Waals surface area contributed by atoms with Gasteiger partial charge >= 0.3 is 0 Å². The van der Waals surface area contributed by atoms with Crippen LogP contribution >= 0.6 is 15.9 Å². The molecular weight excluding hydrogens is 306 g/mol. The molecule has 100 valence electrons. The Bertz CT molecular complexity index is 584. The van der Waals surface area contributed by atoms with E-state index in [2.05, 4.69) is 21.2 Å². The molecule has 0 spiro atoms. The van der Waals surface area contributed by atoms with Gasteiger partial charge in [0.15, 0.2) is 0 Å². The summed E-state index contributed by atoms with van der Waals surface area (Å²) in [7, 11) is 1.65. The van der Waals surface area contributed by atoms with Crippen LogP contribution in [0.3, 0.4) is 0 Å². The van der Waals surface area contributed by atoms with Crippen molar-refractivity contribution in [1.82, 2.24) is 0 Å². The van der Waals surface area contributed by atoms with Crippen molar-refractivity contribution >= 4 is 21.6 Å². The molecule has 0 aliphatic rings. The number of phenolic OH excluding ortho intramolecular Hbond substituents is 1. The van der Waals surface area contributed by atoms with E-state index < -0.39 is 0 Å². The van der Waals surface area contributed by atoms with Crippen LogP contribution < -0.4 is 10.1 Å². The van der Waals surface area contributed by atoms with Crippen LogP contribution in [0.1, 0.15) is 11.1 Å². The van der Waals surface area contributed by atoms with Gasteiger partial charge in [0.25, 0.3) is 0 Å². The Morgan fingerprint density at radius 2 is 2.00 bits per heavy atom. The molecular formula is C15H16BrNO2. The zero-order valence-corrected chi connectivity index (χ0v) is 12.5. The SMILES string of the molecule is COc1ccc(C)cc1NCc1ccc(Br)cc1O. The lowest BCUT2D eigenvalue weighted by atomic mass is 10.1.